The van der Waals surface area contributed by atoms with Crippen LogP contribution >= 0.6 is 12.2 Å². The fourth-order valence-electron chi connectivity index (χ4n) is 1.89. The molecule has 1 heterocycles. The molecule has 118 valence electrons. The predicted octanol–water partition coefficient (Wildman–Crippen LogP) is -1.30. The Labute approximate surface area is 125 Å². The minimum Gasteiger partial charge on any atom is -0.481 e. The normalized spacial score (nSPS) is 22.6. The van der Waals surface area contributed by atoms with Crippen LogP contribution in [0.4, 0.5) is 0 Å². The van der Waals surface area contributed by atoms with Gasteiger partial charge in [-0.2, -0.15) is 0 Å². The zero-order chi connectivity index (χ0) is 16.2. The number of hydrogen-bond acceptors (Lipinski definition) is 6. The minimum absolute atomic E-state index is 0.108. The molecule has 0 aromatic rings. The van der Waals surface area contributed by atoms with Crippen LogP contribution in [0.3, 0.4) is 0 Å². The summed E-state index contributed by atoms with van der Waals surface area (Å²) in [7, 11) is 1.21. The van der Waals surface area contributed by atoms with Crippen molar-refractivity contribution in [1.82, 2.24) is 9.80 Å². The summed E-state index contributed by atoms with van der Waals surface area (Å²) in [6.07, 6.45) is -3.28. The van der Waals surface area contributed by atoms with E-state index < -0.39 is 30.2 Å². The van der Waals surface area contributed by atoms with Crippen LogP contribution in [0.5, 0.6) is 0 Å². The smallest absolute Gasteiger partial charge is 0.305 e. The number of aliphatic hydroxyl groups is 1. The lowest BCUT2D eigenvalue weighted by Crippen LogP contribution is -2.65. The van der Waals surface area contributed by atoms with Gasteiger partial charge in [0.1, 0.15) is 0 Å². The van der Waals surface area contributed by atoms with Gasteiger partial charge in [0, 0.05) is 20.2 Å². The van der Waals surface area contributed by atoms with Crippen molar-refractivity contribution in [1.29, 1.82) is 0 Å². The van der Waals surface area contributed by atoms with E-state index in [1.165, 1.54) is 7.11 Å². The highest BCUT2D eigenvalue weighted by Gasteiger charge is 2.43. The largest absolute Gasteiger partial charge is 0.481 e. The van der Waals surface area contributed by atoms with Gasteiger partial charge in [0.25, 0.3) is 5.91 Å². The third kappa shape index (κ3) is 4.09. The highest BCUT2D eigenvalue weighted by molar-refractivity contribution is 7.80. The number of rotatable bonds is 7. The Hall–Kier alpha value is -1.78. The van der Waals surface area contributed by atoms with E-state index in [9.17, 15) is 19.5 Å². The van der Waals surface area contributed by atoms with E-state index in [4.69, 9.17) is 27.2 Å². The van der Waals surface area contributed by atoms with Crippen LogP contribution in [0, 0.1) is 0 Å². The Morgan fingerprint density at radius 2 is 1.76 bits per heavy atom. The van der Waals surface area contributed by atoms with Crippen molar-refractivity contribution in [2.75, 3.05) is 20.2 Å². The Balaban J connectivity index is 2.92. The second-order valence-corrected chi connectivity index (χ2v) is 4.69. The maximum Gasteiger partial charge on any atom is 0.305 e. The van der Waals surface area contributed by atoms with Crippen LogP contribution in [-0.4, -0.2) is 80.6 Å². The molecule has 0 radical (unpaired) electrons. The van der Waals surface area contributed by atoms with Crippen LogP contribution in [0.15, 0.2) is 0 Å². The fraction of sp³-hybridized carbons (Fsp3) is 0.636. The standard InChI is InChI=1S/C11H16N2O7S/c1-20-8-9(18)12(4-2-6(14)15)11(21)13(10(8)19)5-3-7(16)17/h8-9,18H,2-5H2,1H3,(H,14,15)(H,16,17). The average molecular weight is 320 g/mol. The molecule has 2 atom stereocenters. The van der Waals surface area contributed by atoms with Crippen LogP contribution in [-0.2, 0) is 19.1 Å². The van der Waals surface area contributed by atoms with Crippen molar-refractivity contribution in [3.05, 3.63) is 0 Å². The molecule has 1 amide bonds. The van der Waals surface area contributed by atoms with E-state index in [-0.39, 0.29) is 31.0 Å². The molecule has 1 aliphatic rings. The highest BCUT2D eigenvalue weighted by Crippen LogP contribution is 2.19. The number of hydrogen-bond donors (Lipinski definition) is 3. The highest BCUT2D eigenvalue weighted by atomic mass is 32.1. The first kappa shape index (κ1) is 17.3. The molecule has 21 heavy (non-hydrogen) atoms. The first-order chi connectivity index (χ1) is 9.79. The predicted molar refractivity (Wildman–Crippen MR) is 72.3 cm³/mol. The summed E-state index contributed by atoms with van der Waals surface area (Å²) in [4.78, 5) is 35.5. The third-order valence-electron chi connectivity index (χ3n) is 2.95. The van der Waals surface area contributed by atoms with Gasteiger partial charge in [0.2, 0.25) is 0 Å². The van der Waals surface area contributed by atoms with E-state index >= 15 is 0 Å². The van der Waals surface area contributed by atoms with Gasteiger partial charge in [0.05, 0.1) is 12.8 Å². The van der Waals surface area contributed by atoms with Gasteiger partial charge in [0.15, 0.2) is 17.4 Å². The summed E-state index contributed by atoms with van der Waals surface area (Å²) >= 11 is 5.04. The number of carbonyl (C=O) groups excluding carboxylic acids is 1. The Bertz CT molecular complexity index is 456. The summed E-state index contributed by atoms with van der Waals surface area (Å²) in [5.41, 5.74) is 0. The quantitative estimate of drug-likeness (QED) is 0.490. The first-order valence-corrected chi connectivity index (χ1v) is 6.46. The molecule has 1 aliphatic heterocycles. The maximum atomic E-state index is 12.1. The molecule has 2 unspecified atom stereocenters. The lowest BCUT2D eigenvalue weighted by Gasteiger charge is -2.43. The fourth-order valence-corrected chi connectivity index (χ4v) is 2.27. The Kier molecular flexibility index (Phi) is 6.00. The molecule has 1 saturated heterocycles. The summed E-state index contributed by atoms with van der Waals surface area (Å²) < 4.78 is 4.90. The van der Waals surface area contributed by atoms with Gasteiger partial charge < -0.3 is 25.0 Å². The zero-order valence-electron chi connectivity index (χ0n) is 11.3. The first-order valence-electron chi connectivity index (χ1n) is 6.06. The molecule has 0 saturated carbocycles. The summed E-state index contributed by atoms with van der Waals surface area (Å²) in [6, 6.07) is 0. The second kappa shape index (κ2) is 7.29. The van der Waals surface area contributed by atoms with Gasteiger partial charge in [-0.15, -0.1) is 0 Å². The molecule has 1 rings (SSSR count). The van der Waals surface area contributed by atoms with E-state index in [0.717, 1.165) is 9.80 Å². The molecule has 0 aromatic carbocycles. The molecule has 0 aromatic heterocycles. The zero-order valence-corrected chi connectivity index (χ0v) is 12.1. The number of carboxylic acids is 2. The molecule has 1 fully saturated rings. The van der Waals surface area contributed by atoms with Crippen LogP contribution in [0.25, 0.3) is 0 Å². The van der Waals surface area contributed by atoms with E-state index in [0.29, 0.717) is 0 Å². The van der Waals surface area contributed by atoms with Gasteiger partial charge >= 0.3 is 11.9 Å². The molecule has 0 aliphatic carbocycles. The number of carboxylic acid groups (broad SMARTS) is 2. The molecule has 0 spiro atoms. The number of nitrogens with zero attached hydrogens (tertiary/aromatic N) is 2. The molecule has 3 N–H and O–H groups in total. The van der Waals surface area contributed by atoms with Crippen molar-refractivity contribution in [2.45, 2.75) is 25.2 Å². The van der Waals surface area contributed by atoms with Crippen molar-refractivity contribution in [2.24, 2.45) is 0 Å². The number of methoxy groups -OCH3 is 1. The summed E-state index contributed by atoms with van der Waals surface area (Å²) in [5.74, 6) is -2.85. The lowest BCUT2D eigenvalue weighted by molar-refractivity contribution is -0.160. The van der Waals surface area contributed by atoms with Gasteiger partial charge in [-0.1, -0.05) is 0 Å². The molecule has 0 bridgehead atoms. The Morgan fingerprint density at radius 3 is 2.24 bits per heavy atom. The van der Waals surface area contributed by atoms with Gasteiger partial charge in [-0.25, -0.2) is 0 Å². The average Bonchev–Trinajstić information content (AvgIpc) is 2.38. The number of carbonyl (C=O) groups is 3. The van der Waals surface area contributed by atoms with Gasteiger partial charge in [-0.05, 0) is 12.2 Å². The molecular weight excluding hydrogens is 304 g/mol. The SMILES string of the molecule is COC1C(=O)N(CCC(=O)O)C(=S)N(CCC(=O)O)C1O. The summed E-state index contributed by atoms with van der Waals surface area (Å²) in [6.45, 7) is -0.296. The van der Waals surface area contributed by atoms with Crippen molar-refractivity contribution < 1.29 is 34.4 Å². The van der Waals surface area contributed by atoms with Gasteiger partial charge in [-0.3, -0.25) is 19.3 Å². The molecule has 10 heteroatoms. The number of ether oxygens (including phenoxy) is 1. The van der Waals surface area contributed by atoms with Crippen LogP contribution in [0.1, 0.15) is 12.8 Å². The number of aliphatic hydroxyl groups excluding tert-OH is 1. The third-order valence-corrected chi connectivity index (χ3v) is 3.40. The Morgan fingerprint density at radius 1 is 1.24 bits per heavy atom. The minimum atomic E-state index is -1.41. The van der Waals surface area contributed by atoms with Crippen LogP contribution < -0.4 is 0 Å². The molecule has 9 nitrogen and oxygen atoms in total. The second-order valence-electron chi connectivity index (χ2n) is 4.32. The number of aliphatic carboxylic acids is 2. The van der Waals surface area contributed by atoms with E-state index in [2.05, 4.69) is 0 Å². The van der Waals surface area contributed by atoms with Crippen molar-refractivity contribution in [3.63, 3.8) is 0 Å². The number of thiocarbonyl (C=S) groups is 1. The topological polar surface area (TPSA) is 128 Å². The van der Waals surface area contributed by atoms with Crippen LogP contribution in [0.2, 0.25) is 0 Å². The van der Waals surface area contributed by atoms with Crippen molar-refractivity contribution >= 4 is 35.2 Å². The summed E-state index contributed by atoms with van der Waals surface area (Å²) in [5, 5.41) is 27.3. The molecular formula is C11H16N2O7S. The van der Waals surface area contributed by atoms with E-state index in [1.807, 2.05) is 0 Å². The van der Waals surface area contributed by atoms with Crippen molar-refractivity contribution in [3.8, 4) is 0 Å². The maximum absolute atomic E-state index is 12.1. The monoisotopic (exact) mass is 320 g/mol. The van der Waals surface area contributed by atoms with E-state index in [1.54, 1.807) is 0 Å². The number of amides is 1. The lowest BCUT2D eigenvalue weighted by atomic mass is 10.1.